The predicted octanol–water partition coefficient (Wildman–Crippen LogP) is 3.66. The Morgan fingerprint density at radius 1 is 1.30 bits per heavy atom. The fourth-order valence-corrected chi connectivity index (χ4v) is 2.48. The summed E-state index contributed by atoms with van der Waals surface area (Å²) in [5, 5.41) is 3.44. The molecular formula is C15H17BrFN3. The molecule has 0 amide bonds. The van der Waals surface area contributed by atoms with E-state index in [1.807, 2.05) is 0 Å². The summed E-state index contributed by atoms with van der Waals surface area (Å²) in [5.41, 5.74) is 1.03. The third-order valence-corrected chi connectivity index (χ3v) is 3.72. The van der Waals surface area contributed by atoms with Gasteiger partial charge in [0.15, 0.2) is 0 Å². The Morgan fingerprint density at radius 2 is 2.05 bits per heavy atom. The monoisotopic (exact) mass is 337 g/mol. The van der Waals surface area contributed by atoms with Gasteiger partial charge in [0.1, 0.15) is 11.6 Å². The highest BCUT2D eigenvalue weighted by atomic mass is 79.9. The SMILES string of the molecule is CCCNC(Cc1ccc(F)cc1Br)c1ncccn1. The Bertz CT molecular complexity index is 548. The van der Waals surface area contributed by atoms with Crippen LogP contribution in [0.3, 0.4) is 0 Å². The molecule has 1 aromatic carbocycles. The summed E-state index contributed by atoms with van der Waals surface area (Å²) in [5.74, 6) is 0.520. The lowest BCUT2D eigenvalue weighted by Gasteiger charge is -2.17. The first-order valence-corrected chi connectivity index (χ1v) is 7.44. The van der Waals surface area contributed by atoms with Crippen LogP contribution >= 0.6 is 15.9 Å². The van der Waals surface area contributed by atoms with Gasteiger partial charge < -0.3 is 5.32 Å². The molecule has 2 aromatic rings. The number of hydrogen-bond acceptors (Lipinski definition) is 3. The molecule has 0 bridgehead atoms. The molecule has 1 heterocycles. The minimum absolute atomic E-state index is 0.0258. The van der Waals surface area contributed by atoms with E-state index >= 15 is 0 Å². The van der Waals surface area contributed by atoms with E-state index in [2.05, 4.69) is 38.1 Å². The van der Waals surface area contributed by atoms with Crippen molar-refractivity contribution in [3.63, 3.8) is 0 Å². The smallest absolute Gasteiger partial charge is 0.145 e. The van der Waals surface area contributed by atoms with Crippen molar-refractivity contribution in [2.45, 2.75) is 25.8 Å². The topological polar surface area (TPSA) is 37.8 Å². The average molecular weight is 338 g/mol. The highest BCUT2D eigenvalue weighted by molar-refractivity contribution is 9.10. The Morgan fingerprint density at radius 3 is 2.70 bits per heavy atom. The van der Waals surface area contributed by atoms with Crippen LogP contribution in [-0.2, 0) is 6.42 Å². The van der Waals surface area contributed by atoms with Gasteiger partial charge >= 0.3 is 0 Å². The van der Waals surface area contributed by atoms with Gasteiger partial charge in [0.05, 0.1) is 6.04 Å². The van der Waals surface area contributed by atoms with Gasteiger partial charge in [0.2, 0.25) is 0 Å². The molecule has 106 valence electrons. The average Bonchev–Trinajstić information content (AvgIpc) is 2.46. The second-order valence-electron chi connectivity index (χ2n) is 4.55. The third kappa shape index (κ3) is 4.08. The largest absolute Gasteiger partial charge is 0.307 e. The van der Waals surface area contributed by atoms with Crippen molar-refractivity contribution in [2.24, 2.45) is 0 Å². The number of rotatable bonds is 6. The van der Waals surface area contributed by atoms with Gasteiger partial charge in [-0.2, -0.15) is 0 Å². The van der Waals surface area contributed by atoms with Crippen molar-refractivity contribution in [2.75, 3.05) is 6.54 Å². The van der Waals surface area contributed by atoms with Gasteiger partial charge in [0, 0.05) is 16.9 Å². The van der Waals surface area contributed by atoms with Gasteiger partial charge in [-0.3, -0.25) is 0 Å². The first kappa shape index (κ1) is 15.1. The maximum absolute atomic E-state index is 13.1. The number of hydrogen-bond donors (Lipinski definition) is 1. The molecule has 20 heavy (non-hydrogen) atoms. The molecule has 0 saturated carbocycles. The Balaban J connectivity index is 2.19. The molecule has 1 N–H and O–H groups in total. The molecule has 1 unspecified atom stereocenters. The molecule has 0 aliphatic rings. The van der Waals surface area contributed by atoms with Crippen LogP contribution in [0, 0.1) is 5.82 Å². The van der Waals surface area contributed by atoms with Crippen LogP contribution in [0.15, 0.2) is 41.1 Å². The molecule has 0 saturated heterocycles. The number of benzene rings is 1. The fraction of sp³-hybridized carbons (Fsp3) is 0.333. The maximum Gasteiger partial charge on any atom is 0.145 e. The van der Waals surface area contributed by atoms with Crippen molar-refractivity contribution < 1.29 is 4.39 Å². The summed E-state index contributed by atoms with van der Waals surface area (Å²) in [7, 11) is 0. The summed E-state index contributed by atoms with van der Waals surface area (Å²) < 4.78 is 13.9. The van der Waals surface area contributed by atoms with E-state index in [9.17, 15) is 4.39 Å². The molecular weight excluding hydrogens is 321 g/mol. The molecule has 5 heteroatoms. The van der Waals surface area contributed by atoms with Crippen LogP contribution < -0.4 is 5.32 Å². The van der Waals surface area contributed by atoms with E-state index in [0.717, 1.165) is 28.8 Å². The van der Waals surface area contributed by atoms with Crippen LogP contribution in [0.25, 0.3) is 0 Å². The van der Waals surface area contributed by atoms with Gasteiger partial charge in [-0.15, -0.1) is 0 Å². The summed E-state index contributed by atoms with van der Waals surface area (Å²) in [6.07, 6.45) is 5.23. The van der Waals surface area contributed by atoms with E-state index in [0.29, 0.717) is 6.42 Å². The van der Waals surface area contributed by atoms with Gasteiger partial charge in [0.25, 0.3) is 0 Å². The lowest BCUT2D eigenvalue weighted by molar-refractivity contribution is 0.503. The van der Waals surface area contributed by atoms with Crippen LogP contribution in [-0.4, -0.2) is 16.5 Å². The van der Waals surface area contributed by atoms with E-state index in [1.165, 1.54) is 12.1 Å². The molecule has 0 fully saturated rings. The molecule has 1 atom stereocenters. The van der Waals surface area contributed by atoms with Crippen molar-refractivity contribution in [3.05, 3.63) is 58.3 Å². The van der Waals surface area contributed by atoms with Gasteiger partial charge in [-0.05, 0) is 43.1 Å². The quantitative estimate of drug-likeness (QED) is 0.873. The maximum atomic E-state index is 13.1. The number of nitrogens with zero attached hydrogens (tertiary/aromatic N) is 2. The normalized spacial score (nSPS) is 12.3. The van der Waals surface area contributed by atoms with Crippen LogP contribution in [0.4, 0.5) is 4.39 Å². The second-order valence-corrected chi connectivity index (χ2v) is 5.41. The summed E-state index contributed by atoms with van der Waals surface area (Å²) in [6.45, 7) is 3.01. The van der Waals surface area contributed by atoms with E-state index in [4.69, 9.17) is 0 Å². The first-order valence-electron chi connectivity index (χ1n) is 6.65. The minimum Gasteiger partial charge on any atom is -0.307 e. The highest BCUT2D eigenvalue weighted by Crippen LogP contribution is 2.23. The molecule has 1 aromatic heterocycles. The second kappa shape index (κ2) is 7.45. The van der Waals surface area contributed by atoms with E-state index in [1.54, 1.807) is 24.5 Å². The van der Waals surface area contributed by atoms with Crippen molar-refractivity contribution in [3.8, 4) is 0 Å². The van der Waals surface area contributed by atoms with Crippen molar-refractivity contribution >= 4 is 15.9 Å². The molecule has 0 aliphatic carbocycles. The number of aromatic nitrogens is 2. The summed E-state index contributed by atoms with van der Waals surface area (Å²) >= 11 is 3.41. The fourth-order valence-electron chi connectivity index (χ4n) is 1.97. The van der Waals surface area contributed by atoms with E-state index < -0.39 is 0 Å². The Kier molecular flexibility index (Phi) is 5.61. The zero-order valence-electron chi connectivity index (χ0n) is 11.3. The molecule has 2 rings (SSSR count). The standard InChI is InChI=1S/C15H17BrFN3/c1-2-6-18-14(15-19-7-3-8-20-15)9-11-4-5-12(17)10-13(11)16/h3-5,7-8,10,14,18H,2,6,9H2,1H3. The lowest BCUT2D eigenvalue weighted by Crippen LogP contribution is -2.26. The zero-order chi connectivity index (χ0) is 14.4. The molecule has 0 spiro atoms. The van der Waals surface area contributed by atoms with E-state index in [-0.39, 0.29) is 11.9 Å². The lowest BCUT2D eigenvalue weighted by atomic mass is 10.0. The minimum atomic E-state index is -0.241. The van der Waals surface area contributed by atoms with Crippen molar-refractivity contribution in [1.29, 1.82) is 0 Å². The molecule has 3 nitrogen and oxygen atoms in total. The van der Waals surface area contributed by atoms with Crippen molar-refractivity contribution in [1.82, 2.24) is 15.3 Å². The van der Waals surface area contributed by atoms with Gasteiger partial charge in [-0.1, -0.05) is 28.9 Å². The zero-order valence-corrected chi connectivity index (χ0v) is 12.9. The highest BCUT2D eigenvalue weighted by Gasteiger charge is 2.15. The summed E-state index contributed by atoms with van der Waals surface area (Å²) in [6, 6.07) is 6.58. The Hall–Kier alpha value is -1.33. The molecule has 0 radical (unpaired) electrons. The first-order chi connectivity index (χ1) is 9.70. The van der Waals surface area contributed by atoms with Gasteiger partial charge in [-0.25, -0.2) is 14.4 Å². The van der Waals surface area contributed by atoms with Crippen LogP contribution in [0.2, 0.25) is 0 Å². The Labute approximate surface area is 126 Å². The number of halogens is 2. The van der Waals surface area contributed by atoms with Crippen LogP contribution in [0.1, 0.15) is 30.8 Å². The summed E-state index contributed by atoms with van der Waals surface area (Å²) in [4.78, 5) is 8.62. The van der Waals surface area contributed by atoms with Crippen LogP contribution in [0.5, 0.6) is 0 Å². The predicted molar refractivity (Wildman–Crippen MR) is 80.9 cm³/mol. The number of nitrogens with one attached hydrogen (secondary N) is 1. The molecule has 0 aliphatic heterocycles. The third-order valence-electron chi connectivity index (χ3n) is 2.98.